The molecule has 3 aromatic rings. The normalized spacial score (nSPS) is 14.4. The van der Waals surface area contributed by atoms with E-state index in [-0.39, 0.29) is 11.5 Å². The van der Waals surface area contributed by atoms with Crippen LogP contribution < -0.4 is 10.5 Å². The minimum atomic E-state index is -0.127. The molecule has 2 heterocycles. The molecule has 0 bridgehead atoms. The molecule has 1 fully saturated rings. The van der Waals surface area contributed by atoms with Gasteiger partial charge in [-0.05, 0) is 68.4 Å². The number of hydrogen-bond donors (Lipinski definition) is 1. The molecule has 156 valence electrons. The zero-order valence-corrected chi connectivity index (χ0v) is 18.4. The lowest BCUT2D eigenvalue weighted by Gasteiger charge is -2.37. The number of nitrogens with one attached hydrogen (secondary N) is 1. The van der Waals surface area contributed by atoms with E-state index < -0.39 is 0 Å². The summed E-state index contributed by atoms with van der Waals surface area (Å²) in [6, 6.07) is 11.6. The molecule has 6 nitrogen and oxygen atoms in total. The van der Waals surface area contributed by atoms with E-state index in [0.29, 0.717) is 40.9 Å². The Morgan fingerprint density at radius 2 is 1.83 bits per heavy atom. The Balaban J connectivity index is 1.54. The summed E-state index contributed by atoms with van der Waals surface area (Å²) in [6.07, 6.45) is 0. The Morgan fingerprint density at radius 3 is 2.53 bits per heavy atom. The van der Waals surface area contributed by atoms with Crippen LogP contribution in [0.4, 0.5) is 5.69 Å². The number of amides is 1. The number of nitrogens with zero attached hydrogens (tertiary/aromatic N) is 3. The second kappa shape index (κ2) is 8.07. The average Bonchev–Trinajstić information content (AvgIpc) is 2.75. The number of hydrogen-bond acceptors (Lipinski definition) is 4. The van der Waals surface area contributed by atoms with Crippen molar-refractivity contribution in [2.45, 2.75) is 27.3 Å². The topological polar surface area (TPSA) is 61.3 Å². The SMILES string of the molecule is CCn1c(=S)[nH]c2cc(C(=O)N3CCN(c4cccc(C)c4C)CC3)ccc2c1=O. The highest BCUT2D eigenvalue weighted by molar-refractivity contribution is 7.71. The van der Waals surface area contributed by atoms with Crippen LogP contribution in [0.2, 0.25) is 0 Å². The third-order valence-corrected chi connectivity index (χ3v) is 6.35. The number of anilines is 1. The van der Waals surface area contributed by atoms with Crippen LogP contribution in [0.1, 0.15) is 28.4 Å². The highest BCUT2D eigenvalue weighted by atomic mass is 32.1. The molecule has 1 aliphatic rings. The maximum atomic E-state index is 13.1. The van der Waals surface area contributed by atoms with Crippen molar-refractivity contribution in [3.05, 3.63) is 68.2 Å². The number of carbonyl (C=O) groups excluding carboxylic acids is 1. The first kappa shape index (κ1) is 20.3. The Labute approximate surface area is 180 Å². The smallest absolute Gasteiger partial charge is 0.262 e. The molecule has 1 aliphatic heterocycles. The molecule has 4 rings (SSSR count). The van der Waals surface area contributed by atoms with E-state index in [1.165, 1.54) is 21.4 Å². The standard InChI is InChI=1S/C23H26N4O2S/c1-4-27-22(29)18-9-8-17(14-19(18)24-23(27)30)21(28)26-12-10-25(11-13-26)20-7-5-6-15(2)16(20)3/h5-9,14H,4,10-13H2,1-3H3,(H,24,30). The fourth-order valence-corrected chi connectivity index (χ4v) is 4.41. The fraction of sp³-hybridized carbons (Fsp3) is 0.348. The second-order valence-electron chi connectivity index (χ2n) is 7.74. The number of benzene rings is 2. The third-order valence-electron chi connectivity index (χ3n) is 6.03. The molecule has 0 unspecified atom stereocenters. The van der Waals surface area contributed by atoms with Crippen molar-refractivity contribution in [2.24, 2.45) is 0 Å². The number of rotatable bonds is 3. The lowest BCUT2D eigenvalue weighted by Crippen LogP contribution is -2.49. The van der Waals surface area contributed by atoms with E-state index >= 15 is 0 Å². The quantitative estimate of drug-likeness (QED) is 0.655. The summed E-state index contributed by atoms with van der Waals surface area (Å²) in [6.45, 7) is 9.59. The summed E-state index contributed by atoms with van der Waals surface area (Å²) in [7, 11) is 0. The summed E-state index contributed by atoms with van der Waals surface area (Å²) in [5.74, 6) is -0.0171. The number of aromatic amines is 1. The predicted molar refractivity (Wildman–Crippen MR) is 123 cm³/mol. The van der Waals surface area contributed by atoms with Crippen LogP contribution in [0, 0.1) is 18.6 Å². The van der Waals surface area contributed by atoms with Gasteiger partial charge in [0, 0.05) is 44.0 Å². The largest absolute Gasteiger partial charge is 0.368 e. The number of H-pyrrole nitrogens is 1. The van der Waals surface area contributed by atoms with Crippen LogP contribution in [-0.4, -0.2) is 46.5 Å². The highest BCUT2D eigenvalue weighted by Gasteiger charge is 2.23. The van der Waals surface area contributed by atoms with Gasteiger partial charge >= 0.3 is 0 Å². The molecule has 0 saturated carbocycles. The lowest BCUT2D eigenvalue weighted by atomic mass is 10.1. The summed E-state index contributed by atoms with van der Waals surface area (Å²) in [4.78, 5) is 33.0. The van der Waals surface area contributed by atoms with Crippen molar-refractivity contribution < 1.29 is 4.79 Å². The second-order valence-corrected chi connectivity index (χ2v) is 8.12. The van der Waals surface area contributed by atoms with E-state index in [2.05, 4.69) is 41.9 Å². The van der Waals surface area contributed by atoms with Crippen molar-refractivity contribution in [1.29, 1.82) is 0 Å². The molecule has 0 spiro atoms. The van der Waals surface area contributed by atoms with Gasteiger partial charge in [-0.3, -0.25) is 14.2 Å². The highest BCUT2D eigenvalue weighted by Crippen LogP contribution is 2.24. The molecular weight excluding hydrogens is 396 g/mol. The molecule has 0 atom stereocenters. The molecular formula is C23H26N4O2S. The number of carbonyl (C=O) groups is 1. The van der Waals surface area contributed by atoms with Crippen molar-refractivity contribution in [1.82, 2.24) is 14.5 Å². The first-order chi connectivity index (χ1) is 14.4. The fourth-order valence-electron chi connectivity index (χ4n) is 4.09. The van der Waals surface area contributed by atoms with E-state index in [0.717, 1.165) is 13.1 Å². The third kappa shape index (κ3) is 3.54. The Hall–Kier alpha value is -2.93. The zero-order chi connectivity index (χ0) is 21.4. The first-order valence-corrected chi connectivity index (χ1v) is 10.7. The lowest BCUT2D eigenvalue weighted by molar-refractivity contribution is 0.0747. The van der Waals surface area contributed by atoms with Crippen molar-refractivity contribution in [3.8, 4) is 0 Å². The number of aryl methyl sites for hydroxylation is 1. The molecule has 1 aromatic heterocycles. The first-order valence-electron chi connectivity index (χ1n) is 10.3. The average molecular weight is 423 g/mol. The van der Waals surface area contributed by atoms with Gasteiger partial charge in [0.15, 0.2) is 4.77 Å². The van der Waals surface area contributed by atoms with Crippen LogP contribution in [0.25, 0.3) is 10.9 Å². The van der Waals surface area contributed by atoms with Crippen molar-refractivity contribution in [2.75, 3.05) is 31.1 Å². The molecule has 1 N–H and O–H groups in total. The van der Waals surface area contributed by atoms with Gasteiger partial charge in [0.1, 0.15) is 0 Å². The van der Waals surface area contributed by atoms with Crippen LogP contribution >= 0.6 is 12.2 Å². The van der Waals surface area contributed by atoms with Gasteiger partial charge < -0.3 is 14.8 Å². The zero-order valence-electron chi connectivity index (χ0n) is 17.6. The summed E-state index contributed by atoms with van der Waals surface area (Å²) >= 11 is 5.29. The van der Waals surface area contributed by atoms with Gasteiger partial charge in [-0.15, -0.1) is 0 Å². The van der Waals surface area contributed by atoms with E-state index in [4.69, 9.17) is 12.2 Å². The van der Waals surface area contributed by atoms with Crippen LogP contribution in [0.3, 0.4) is 0 Å². The Kier molecular flexibility index (Phi) is 5.47. The molecule has 7 heteroatoms. The number of aromatic nitrogens is 2. The Morgan fingerprint density at radius 1 is 1.10 bits per heavy atom. The molecule has 1 saturated heterocycles. The summed E-state index contributed by atoms with van der Waals surface area (Å²) < 4.78 is 1.90. The molecule has 0 radical (unpaired) electrons. The minimum Gasteiger partial charge on any atom is -0.368 e. The van der Waals surface area contributed by atoms with Crippen LogP contribution in [0.5, 0.6) is 0 Å². The van der Waals surface area contributed by atoms with Gasteiger partial charge in [0.2, 0.25) is 0 Å². The Bertz CT molecular complexity index is 1240. The maximum Gasteiger partial charge on any atom is 0.262 e. The molecule has 2 aromatic carbocycles. The van der Waals surface area contributed by atoms with E-state index in [1.54, 1.807) is 18.2 Å². The molecule has 30 heavy (non-hydrogen) atoms. The van der Waals surface area contributed by atoms with Crippen molar-refractivity contribution in [3.63, 3.8) is 0 Å². The monoisotopic (exact) mass is 422 g/mol. The maximum absolute atomic E-state index is 13.1. The van der Waals surface area contributed by atoms with Gasteiger partial charge in [-0.1, -0.05) is 12.1 Å². The van der Waals surface area contributed by atoms with E-state index in [9.17, 15) is 9.59 Å². The predicted octanol–water partition coefficient (Wildman–Crippen LogP) is 3.66. The number of fused-ring (bicyclic) bond motifs is 1. The van der Waals surface area contributed by atoms with Crippen LogP contribution in [-0.2, 0) is 6.54 Å². The summed E-state index contributed by atoms with van der Waals surface area (Å²) in [5, 5.41) is 0.543. The van der Waals surface area contributed by atoms with Gasteiger partial charge in [-0.25, -0.2) is 0 Å². The van der Waals surface area contributed by atoms with E-state index in [1.807, 2.05) is 11.8 Å². The van der Waals surface area contributed by atoms with Gasteiger partial charge in [0.25, 0.3) is 11.5 Å². The number of piperazine rings is 1. The molecule has 1 amide bonds. The molecule has 0 aliphatic carbocycles. The minimum absolute atomic E-state index is 0.0171. The van der Waals surface area contributed by atoms with Gasteiger partial charge in [0.05, 0.1) is 10.9 Å². The van der Waals surface area contributed by atoms with Crippen LogP contribution in [0.15, 0.2) is 41.2 Å². The van der Waals surface area contributed by atoms with Gasteiger partial charge in [-0.2, -0.15) is 0 Å². The summed E-state index contributed by atoms with van der Waals surface area (Å²) in [5.41, 5.74) is 4.86. The van der Waals surface area contributed by atoms with Crippen molar-refractivity contribution >= 4 is 34.7 Å².